The van der Waals surface area contributed by atoms with Crippen LogP contribution in [0.1, 0.15) is 0 Å². The molecule has 1 unspecified atom stereocenters. The molecule has 0 saturated heterocycles. The molecule has 2 rings (SSSR count). The van der Waals surface area contributed by atoms with Crippen molar-refractivity contribution < 1.29 is 39.8 Å². The van der Waals surface area contributed by atoms with Crippen LogP contribution in [0.25, 0.3) is 0 Å². The average Bonchev–Trinajstić information content (AvgIpc) is 2.50. The summed E-state index contributed by atoms with van der Waals surface area (Å²) in [5, 5.41) is 0. The summed E-state index contributed by atoms with van der Waals surface area (Å²) >= 11 is 0. The summed E-state index contributed by atoms with van der Waals surface area (Å²) in [7, 11) is -3.96. The van der Waals surface area contributed by atoms with E-state index < -0.39 is 55.5 Å². The molecule has 2 aromatic rings. The minimum atomic E-state index is -5.10. The van der Waals surface area contributed by atoms with Gasteiger partial charge in [-0.1, -0.05) is 0 Å². The molecule has 0 aliphatic carbocycles. The molecular formula is C13H7F6NO3S. The predicted octanol–water partition coefficient (Wildman–Crippen LogP) is 4.16. The highest BCUT2D eigenvalue weighted by atomic mass is 32.2. The Hall–Kier alpha value is -2.27. The van der Waals surface area contributed by atoms with Gasteiger partial charge in [0.15, 0.2) is 39.7 Å². The van der Waals surface area contributed by atoms with E-state index >= 15 is 0 Å². The Morgan fingerprint density at radius 1 is 0.958 bits per heavy atom. The van der Waals surface area contributed by atoms with Gasteiger partial charge in [0.25, 0.3) is 0 Å². The van der Waals surface area contributed by atoms with Crippen LogP contribution < -0.4 is 4.74 Å². The summed E-state index contributed by atoms with van der Waals surface area (Å²) in [5.41, 5.74) is -0.579. The molecule has 1 atom stereocenters. The summed E-state index contributed by atoms with van der Waals surface area (Å²) in [6.45, 7) is 0. The Labute approximate surface area is 131 Å². The average molecular weight is 371 g/mol. The van der Waals surface area contributed by atoms with Crippen molar-refractivity contribution in [3.8, 4) is 5.75 Å². The van der Waals surface area contributed by atoms with Crippen molar-refractivity contribution in [1.82, 2.24) is 0 Å². The van der Waals surface area contributed by atoms with Crippen molar-refractivity contribution in [2.45, 2.75) is 4.90 Å². The maximum absolute atomic E-state index is 13.6. The molecule has 11 heteroatoms. The van der Waals surface area contributed by atoms with Crippen molar-refractivity contribution in [2.24, 2.45) is 4.36 Å². The van der Waals surface area contributed by atoms with Gasteiger partial charge in [-0.3, -0.25) is 4.55 Å². The predicted molar refractivity (Wildman–Crippen MR) is 70.3 cm³/mol. The summed E-state index contributed by atoms with van der Waals surface area (Å²) in [6, 6.07) is 2.52. The quantitative estimate of drug-likeness (QED) is 0.501. The van der Waals surface area contributed by atoms with E-state index in [2.05, 4.69) is 9.10 Å². The van der Waals surface area contributed by atoms with Crippen molar-refractivity contribution in [1.29, 1.82) is 0 Å². The van der Waals surface area contributed by atoms with Crippen molar-refractivity contribution >= 4 is 15.7 Å². The van der Waals surface area contributed by atoms with Gasteiger partial charge in [-0.15, -0.1) is 0 Å². The third kappa shape index (κ3) is 3.04. The first-order chi connectivity index (χ1) is 11.1. The Morgan fingerprint density at radius 3 is 1.92 bits per heavy atom. The van der Waals surface area contributed by atoms with Crippen molar-refractivity contribution in [2.75, 3.05) is 7.11 Å². The smallest absolute Gasteiger partial charge is 0.202 e. The Morgan fingerprint density at radius 2 is 1.46 bits per heavy atom. The van der Waals surface area contributed by atoms with E-state index in [4.69, 9.17) is 0 Å². The first-order valence-corrected chi connectivity index (χ1v) is 7.42. The molecule has 0 aromatic heterocycles. The molecule has 0 bridgehead atoms. The molecule has 1 N–H and O–H groups in total. The number of halogens is 6. The molecule has 0 fully saturated rings. The second kappa shape index (κ2) is 6.32. The monoisotopic (exact) mass is 371 g/mol. The zero-order chi connectivity index (χ0) is 18.2. The van der Waals surface area contributed by atoms with Crippen LogP contribution in [0.3, 0.4) is 0 Å². The van der Waals surface area contributed by atoms with Crippen LogP contribution in [0.5, 0.6) is 5.75 Å². The van der Waals surface area contributed by atoms with Gasteiger partial charge in [0.2, 0.25) is 15.8 Å². The molecule has 0 heterocycles. The van der Waals surface area contributed by atoms with E-state index in [1.807, 2.05) is 0 Å². The number of hydrogen-bond donors (Lipinski definition) is 1. The third-order valence-electron chi connectivity index (χ3n) is 2.80. The molecule has 2 aromatic carbocycles. The Balaban J connectivity index is 2.72. The molecule has 0 saturated carbocycles. The summed E-state index contributed by atoms with van der Waals surface area (Å²) in [5.74, 6) is -13.6. The minimum absolute atomic E-state index is 0.255. The standard InChI is InChI=1S/C13H7F6NO3S/c1-23-7-3-2-5(4-6(7)14)20-24(21,22)13-11(18)9(16)8(15)10(17)12(13)19/h2-4H,1H3,(H,20,21,22). The number of ether oxygens (including phenoxy) is 1. The lowest BCUT2D eigenvalue weighted by Gasteiger charge is -2.09. The van der Waals surface area contributed by atoms with Crippen LogP contribution in [0, 0.1) is 34.9 Å². The SMILES string of the molecule is COc1ccc(N=S(=O)(O)c2c(F)c(F)c(F)c(F)c2F)cc1F. The van der Waals surface area contributed by atoms with Crippen LogP contribution in [0.4, 0.5) is 32.0 Å². The first-order valence-electron chi connectivity index (χ1n) is 5.94. The van der Waals surface area contributed by atoms with Crippen LogP contribution in [0.15, 0.2) is 27.5 Å². The van der Waals surface area contributed by atoms with Gasteiger partial charge in [-0.2, -0.15) is 4.36 Å². The Kier molecular flexibility index (Phi) is 4.76. The minimum Gasteiger partial charge on any atom is -0.494 e. The number of nitrogens with zero attached hydrogens (tertiary/aromatic N) is 1. The van der Waals surface area contributed by atoms with Gasteiger partial charge >= 0.3 is 0 Å². The van der Waals surface area contributed by atoms with E-state index in [1.165, 1.54) is 0 Å². The highest BCUT2D eigenvalue weighted by Gasteiger charge is 2.31. The Bertz CT molecular complexity index is 911. The maximum atomic E-state index is 13.6. The fourth-order valence-electron chi connectivity index (χ4n) is 1.72. The number of methoxy groups -OCH3 is 1. The van der Waals surface area contributed by atoms with Crippen LogP contribution in [-0.2, 0) is 10.0 Å². The van der Waals surface area contributed by atoms with Crippen molar-refractivity contribution in [3.05, 3.63) is 53.1 Å². The topological polar surface area (TPSA) is 58.9 Å². The van der Waals surface area contributed by atoms with Gasteiger partial charge in [-0.25, -0.2) is 30.6 Å². The largest absolute Gasteiger partial charge is 0.494 e. The lowest BCUT2D eigenvalue weighted by atomic mass is 10.3. The fourth-order valence-corrected chi connectivity index (χ4v) is 2.86. The van der Waals surface area contributed by atoms with Crippen LogP contribution >= 0.6 is 0 Å². The zero-order valence-corrected chi connectivity index (χ0v) is 12.4. The summed E-state index contributed by atoms with van der Waals surface area (Å²) < 4.78 is 109. The van der Waals surface area contributed by atoms with E-state index in [-0.39, 0.29) is 5.75 Å². The number of rotatable bonds is 3. The molecule has 24 heavy (non-hydrogen) atoms. The highest BCUT2D eigenvalue weighted by Crippen LogP contribution is 2.30. The molecule has 0 aliphatic rings. The second-order valence-electron chi connectivity index (χ2n) is 4.31. The second-order valence-corrected chi connectivity index (χ2v) is 5.89. The molecule has 130 valence electrons. The van der Waals surface area contributed by atoms with Crippen LogP contribution in [-0.4, -0.2) is 15.9 Å². The van der Waals surface area contributed by atoms with Gasteiger partial charge in [0, 0.05) is 6.07 Å². The van der Waals surface area contributed by atoms with Gasteiger partial charge in [-0.05, 0) is 12.1 Å². The first kappa shape index (κ1) is 18.1. The number of hydrogen-bond acceptors (Lipinski definition) is 3. The lowest BCUT2D eigenvalue weighted by molar-refractivity contribution is 0.356. The summed E-state index contributed by atoms with van der Waals surface area (Å²) in [4.78, 5) is -2.02. The fraction of sp³-hybridized carbons (Fsp3) is 0.0769. The lowest BCUT2D eigenvalue weighted by Crippen LogP contribution is -2.12. The maximum Gasteiger partial charge on any atom is 0.202 e. The van der Waals surface area contributed by atoms with Crippen molar-refractivity contribution in [3.63, 3.8) is 0 Å². The highest BCUT2D eigenvalue weighted by molar-refractivity contribution is 7.88. The molecule has 0 radical (unpaired) electrons. The normalized spacial score (nSPS) is 13.5. The number of benzene rings is 2. The van der Waals surface area contributed by atoms with E-state index in [1.54, 1.807) is 0 Å². The van der Waals surface area contributed by atoms with E-state index in [9.17, 15) is 35.1 Å². The van der Waals surface area contributed by atoms with Gasteiger partial charge < -0.3 is 4.74 Å². The van der Waals surface area contributed by atoms with E-state index in [0.29, 0.717) is 6.07 Å². The molecule has 0 amide bonds. The van der Waals surface area contributed by atoms with E-state index in [0.717, 1.165) is 19.2 Å². The molecule has 4 nitrogen and oxygen atoms in total. The molecule has 0 aliphatic heterocycles. The van der Waals surface area contributed by atoms with Gasteiger partial charge in [0.05, 0.1) is 12.8 Å². The summed E-state index contributed by atoms with van der Waals surface area (Å²) in [6.07, 6.45) is 0. The zero-order valence-electron chi connectivity index (χ0n) is 11.6. The molecule has 0 spiro atoms. The third-order valence-corrected chi connectivity index (χ3v) is 4.15. The van der Waals surface area contributed by atoms with Gasteiger partial charge in [0.1, 0.15) is 0 Å². The molecular weight excluding hydrogens is 364 g/mol. The van der Waals surface area contributed by atoms with Crippen LogP contribution in [0.2, 0.25) is 0 Å².